The number of nitrogens with two attached hydrogens (primary N) is 1. The van der Waals surface area contributed by atoms with E-state index in [9.17, 15) is 4.79 Å². The fourth-order valence-corrected chi connectivity index (χ4v) is 3.46. The fourth-order valence-electron chi connectivity index (χ4n) is 2.40. The SMILES string of the molecule is CNC(=O)c1c(N2CCC(C)(C)CC2)sc(C#N)c1N. The zero-order chi connectivity index (χ0) is 14.9. The molecule has 1 aliphatic rings. The lowest BCUT2D eigenvalue weighted by molar-refractivity contribution is 0.0964. The first-order valence-corrected chi connectivity index (χ1v) is 7.50. The van der Waals surface area contributed by atoms with Crippen molar-refractivity contribution in [3.63, 3.8) is 0 Å². The molecule has 1 aromatic heterocycles. The Hall–Kier alpha value is -1.74. The summed E-state index contributed by atoms with van der Waals surface area (Å²) in [6, 6.07) is 2.08. The molecule has 5 nitrogen and oxygen atoms in total. The van der Waals surface area contributed by atoms with E-state index in [0.29, 0.717) is 21.5 Å². The maximum absolute atomic E-state index is 12.0. The lowest BCUT2D eigenvalue weighted by Crippen LogP contribution is -2.38. The average Bonchev–Trinajstić information content (AvgIpc) is 2.75. The lowest BCUT2D eigenvalue weighted by Gasteiger charge is -2.37. The molecule has 1 saturated heterocycles. The summed E-state index contributed by atoms with van der Waals surface area (Å²) in [5.74, 6) is -0.222. The van der Waals surface area contributed by atoms with Crippen LogP contribution in [0.3, 0.4) is 0 Å². The van der Waals surface area contributed by atoms with Gasteiger partial charge in [0, 0.05) is 20.1 Å². The highest BCUT2D eigenvalue weighted by molar-refractivity contribution is 7.17. The van der Waals surface area contributed by atoms with Crippen molar-refractivity contribution in [2.45, 2.75) is 26.7 Å². The summed E-state index contributed by atoms with van der Waals surface area (Å²) in [5, 5.41) is 12.6. The average molecular weight is 292 g/mol. The molecule has 0 aromatic carbocycles. The summed E-state index contributed by atoms with van der Waals surface area (Å²) in [7, 11) is 1.58. The molecule has 1 amide bonds. The fraction of sp³-hybridized carbons (Fsp3) is 0.571. The minimum absolute atomic E-state index is 0.222. The molecule has 2 rings (SSSR count). The number of nitrogens with zero attached hydrogens (tertiary/aromatic N) is 2. The second-order valence-corrected chi connectivity index (χ2v) is 6.87. The third-order valence-electron chi connectivity index (χ3n) is 3.89. The van der Waals surface area contributed by atoms with Crippen LogP contribution < -0.4 is 16.0 Å². The standard InChI is InChI=1S/C14H20N4OS/c1-14(2)4-6-18(7-5-14)13-10(12(19)17-3)11(16)9(8-15)20-13/h4-7,16H2,1-3H3,(H,17,19). The van der Waals surface area contributed by atoms with E-state index in [-0.39, 0.29) is 5.91 Å². The number of carbonyl (C=O) groups is 1. The summed E-state index contributed by atoms with van der Waals surface area (Å²) in [4.78, 5) is 14.6. The van der Waals surface area contributed by atoms with E-state index in [4.69, 9.17) is 11.0 Å². The molecule has 1 fully saturated rings. The number of carbonyl (C=O) groups excluding carboxylic acids is 1. The molecule has 1 aliphatic heterocycles. The Bertz CT molecular complexity index is 560. The Balaban J connectivity index is 2.37. The van der Waals surface area contributed by atoms with Crippen LogP contribution >= 0.6 is 11.3 Å². The van der Waals surface area contributed by atoms with Crippen molar-refractivity contribution >= 4 is 27.9 Å². The molecule has 6 heteroatoms. The molecule has 0 bridgehead atoms. The van der Waals surface area contributed by atoms with E-state index in [1.165, 1.54) is 11.3 Å². The van der Waals surface area contributed by atoms with Crippen molar-refractivity contribution in [2.24, 2.45) is 5.41 Å². The van der Waals surface area contributed by atoms with Crippen molar-refractivity contribution in [1.29, 1.82) is 5.26 Å². The van der Waals surface area contributed by atoms with Crippen LogP contribution in [0.1, 0.15) is 41.9 Å². The highest BCUT2D eigenvalue weighted by atomic mass is 32.1. The zero-order valence-electron chi connectivity index (χ0n) is 12.1. The van der Waals surface area contributed by atoms with Crippen LogP contribution in [0.5, 0.6) is 0 Å². The minimum Gasteiger partial charge on any atom is -0.396 e. The van der Waals surface area contributed by atoms with E-state index in [0.717, 1.165) is 30.9 Å². The van der Waals surface area contributed by atoms with Crippen LogP contribution in [0.15, 0.2) is 0 Å². The van der Waals surface area contributed by atoms with Gasteiger partial charge < -0.3 is 16.0 Å². The van der Waals surface area contributed by atoms with Gasteiger partial charge in [-0.15, -0.1) is 11.3 Å². The van der Waals surface area contributed by atoms with Crippen molar-refractivity contribution in [3.05, 3.63) is 10.4 Å². The predicted molar refractivity (Wildman–Crippen MR) is 82.1 cm³/mol. The van der Waals surface area contributed by atoms with E-state index >= 15 is 0 Å². The number of amides is 1. The van der Waals surface area contributed by atoms with Gasteiger partial charge in [0.2, 0.25) is 0 Å². The molecule has 0 unspecified atom stereocenters. The summed E-state index contributed by atoms with van der Waals surface area (Å²) in [6.45, 7) is 6.30. The van der Waals surface area contributed by atoms with Crippen LogP contribution in [0.4, 0.5) is 10.7 Å². The van der Waals surface area contributed by atoms with Crippen LogP contribution in [-0.4, -0.2) is 26.0 Å². The molecule has 0 radical (unpaired) electrons. The molecule has 0 aliphatic carbocycles. The molecule has 1 aromatic rings. The Kier molecular flexibility index (Phi) is 3.91. The van der Waals surface area contributed by atoms with Crippen molar-refractivity contribution < 1.29 is 4.79 Å². The van der Waals surface area contributed by atoms with Gasteiger partial charge in [0.05, 0.1) is 11.3 Å². The molecule has 0 saturated carbocycles. The molecule has 20 heavy (non-hydrogen) atoms. The predicted octanol–water partition coefficient (Wildman–Crippen LogP) is 2.19. The van der Waals surface area contributed by atoms with Crippen LogP contribution in [0.2, 0.25) is 0 Å². The number of nitriles is 1. The number of rotatable bonds is 2. The van der Waals surface area contributed by atoms with Gasteiger partial charge in [-0.25, -0.2) is 0 Å². The monoisotopic (exact) mass is 292 g/mol. The van der Waals surface area contributed by atoms with Crippen LogP contribution in [0.25, 0.3) is 0 Å². The number of hydrogen-bond donors (Lipinski definition) is 2. The minimum atomic E-state index is -0.222. The van der Waals surface area contributed by atoms with Crippen LogP contribution in [-0.2, 0) is 0 Å². The smallest absolute Gasteiger partial charge is 0.256 e. The molecule has 3 N–H and O–H groups in total. The highest BCUT2D eigenvalue weighted by Gasteiger charge is 2.30. The highest BCUT2D eigenvalue weighted by Crippen LogP contribution is 2.41. The van der Waals surface area contributed by atoms with E-state index < -0.39 is 0 Å². The van der Waals surface area contributed by atoms with Crippen molar-refractivity contribution in [2.75, 3.05) is 30.8 Å². The maximum Gasteiger partial charge on any atom is 0.256 e. The van der Waals surface area contributed by atoms with Gasteiger partial charge in [-0.1, -0.05) is 13.8 Å². The summed E-state index contributed by atoms with van der Waals surface area (Å²) < 4.78 is 0. The first-order chi connectivity index (χ1) is 9.39. The Morgan fingerprint density at radius 3 is 2.55 bits per heavy atom. The van der Waals surface area contributed by atoms with Gasteiger partial charge in [-0.05, 0) is 18.3 Å². The number of nitrogens with one attached hydrogen (secondary N) is 1. The third kappa shape index (κ3) is 2.59. The third-order valence-corrected chi connectivity index (χ3v) is 5.06. The van der Waals surface area contributed by atoms with Gasteiger partial charge >= 0.3 is 0 Å². The zero-order valence-corrected chi connectivity index (χ0v) is 12.9. The van der Waals surface area contributed by atoms with Gasteiger partial charge in [0.25, 0.3) is 5.91 Å². The molecule has 108 valence electrons. The Morgan fingerprint density at radius 2 is 2.05 bits per heavy atom. The topological polar surface area (TPSA) is 82.2 Å². The van der Waals surface area contributed by atoms with Crippen LogP contribution in [0, 0.1) is 16.7 Å². The molecule has 0 spiro atoms. The number of nitrogen functional groups attached to an aromatic ring is 1. The second kappa shape index (κ2) is 5.33. The molecule has 2 heterocycles. The van der Waals surface area contributed by atoms with Crippen molar-refractivity contribution in [3.8, 4) is 6.07 Å². The van der Waals surface area contributed by atoms with E-state index in [1.807, 2.05) is 0 Å². The summed E-state index contributed by atoms with van der Waals surface area (Å²) >= 11 is 1.32. The number of thiophene rings is 1. The van der Waals surface area contributed by atoms with E-state index in [2.05, 4.69) is 30.1 Å². The largest absolute Gasteiger partial charge is 0.396 e. The van der Waals surface area contributed by atoms with Gasteiger partial charge in [-0.2, -0.15) is 5.26 Å². The second-order valence-electron chi connectivity index (χ2n) is 5.87. The van der Waals surface area contributed by atoms with Gasteiger partial charge in [-0.3, -0.25) is 4.79 Å². The quantitative estimate of drug-likeness (QED) is 0.875. The van der Waals surface area contributed by atoms with Gasteiger partial charge in [0.15, 0.2) is 0 Å². The first-order valence-electron chi connectivity index (χ1n) is 6.69. The number of hydrogen-bond acceptors (Lipinski definition) is 5. The van der Waals surface area contributed by atoms with Gasteiger partial charge in [0.1, 0.15) is 15.9 Å². The summed E-state index contributed by atoms with van der Waals surface area (Å²) in [5.41, 5.74) is 7.04. The normalized spacial score (nSPS) is 17.6. The molecule has 0 atom stereocenters. The Morgan fingerprint density at radius 1 is 1.45 bits per heavy atom. The molecular formula is C14H20N4OS. The number of piperidine rings is 1. The van der Waals surface area contributed by atoms with E-state index in [1.54, 1.807) is 7.05 Å². The lowest BCUT2D eigenvalue weighted by atomic mass is 9.83. The first kappa shape index (κ1) is 14.7. The Labute approximate surface area is 123 Å². The van der Waals surface area contributed by atoms with Crippen molar-refractivity contribution in [1.82, 2.24) is 5.32 Å². The number of anilines is 2. The maximum atomic E-state index is 12.0. The molecular weight excluding hydrogens is 272 g/mol. The summed E-state index contributed by atoms with van der Waals surface area (Å²) in [6.07, 6.45) is 2.14.